The summed E-state index contributed by atoms with van der Waals surface area (Å²) in [5.74, 6) is 0.952. The standard InChI is InChI=1S/C23H32N2O2/c1-18(2)21-10-6-7-15-25(21)23(27)20-13-16-24(17-14-20)22(26)12-11-19-8-4-3-5-9-19/h3-5,8-9,11-12,18,20-21H,6-7,10,13-17H2,1-2H3/b12-11+. The van der Waals surface area contributed by atoms with Gasteiger partial charge in [-0.2, -0.15) is 0 Å². The van der Waals surface area contributed by atoms with E-state index < -0.39 is 0 Å². The Bertz CT molecular complexity index is 660. The van der Waals surface area contributed by atoms with Crippen molar-refractivity contribution < 1.29 is 9.59 Å². The maximum atomic E-state index is 13.1. The number of piperidine rings is 2. The van der Waals surface area contributed by atoms with Gasteiger partial charge in [-0.1, -0.05) is 44.2 Å². The predicted octanol–water partition coefficient (Wildman–Crippen LogP) is 3.98. The molecule has 0 aromatic heterocycles. The molecule has 2 aliphatic rings. The first kappa shape index (κ1) is 19.7. The molecule has 1 atom stereocenters. The van der Waals surface area contributed by atoms with Gasteiger partial charge in [0.15, 0.2) is 0 Å². The van der Waals surface area contributed by atoms with E-state index in [2.05, 4.69) is 18.7 Å². The lowest BCUT2D eigenvalue weighted by Gasteiger charge is -2.41. The molecule has 2 saturated heterocycles. The molecule has 1 unspecified atom stereocenters. The summed E-state index contributed by atoms with van der Waals surface area (Å²) in [5, 5.41) is 0. The molecule has 0 radical (unpaired) electrons. The summed E-state index contributed by atoms with van der Waals surface area (Å²) in [6, 6.07) is 10.3. The number of hydrogen-bond donors (Lipinski definition) is 0. The topological polar surface area (TPSA) is 40.6 Å². The molecule has 4 nitrogen and oxygen atoms in total. The van der Waals surface area contributed by atoms with Crippen LogP contribution in [0.15, 0.2) is 36.4 Å². The fourth-order valence-corrected chi connectivity index (χ4v) is 4.34. The van der Waals surface area contributed by atoms with Crippen molar-refractivity contribution in [3.05, 3.63) is 42.0 Å². The molecule has 146 valence electrons. The third kappa shape index (κ3) is 5.00. The Balaban J connectivity index is 1.53. The zero-order valence-corrected chi connectivity index (χ0v) is 16.6. The average Bonchev–Trinajstić information content (AvgIpc) is 2.72. The number of hydrogen-bond acceptors (Lipinski definition) is 2. The van der Waals surface area contributed by atoms with Crippen LogP contribution in [0.1, 0.15) is 51.5 Å². The summed E-state index contributed by atoms with van der Waals surface area (Å²) in [6.07, 6.45) is 8.56. The predicted molar refractivity (Wildman–Crippen MR) is 109 cm³/mol. The van der Waals surface area contributed by atoms with Crippen LogP contribution in [0.3, 0.4) is 0 Å². The summed E-state index contributed by atoms with van der Waals surface area (Å²) >= 11 is 0. The Labute approximate surface area is 163 Å². The fraction of sp³-hybridized carbons (Fsp3) is 0.565. The lowest BCUT2D eigenvalue weighted by Crippen LogP contribution is -2.50. The van der Waals surface area contributed by atoms with Crippen molar-refractivity contribution in [3.63, 3.8) is 0 Å². The van der Waals surface area contributed by atoms with Gasteiger partial charge >= 0.3 is 0 Å². The smallest absolute Gasteiger partial charge is 0.246 e. The summed E-state index contributed by atoms with van der Waals surface area (Å²) in [5.41, 5.74) is 1.03. The number of carbonyl (C=O) groups is 2. The van der Waals surface area contributed by atoms with Crippen LogP contribution in [0.2, 0.25) is 0 Å². The number of likely N-dealkylation sites (tertiary alicyclic amines) is 2. The van der Waals surface area contributed by atoms with Gasteiger partial charge in [0.2, 0.25) is 11.8 Å². The molecule has 0 bridgehead atoms. The van der Waals surface area contributed by atoms with Crippen molar-refractivity contribution in [3.8, 4) is 0 Å². The molecule has 4 heteroatoms. The normalized spacial score (nSPS) is 21.8. The number of amides is 2. The van der Waals surface area contributed by atoms with Crippen LogP contribution in [-0.4, -0.2) is 47.3 Å². The minimum atomic E-state index is 0.0442. The van der Waals surface area contributed by atoms with E-state index in [0.29, 0.717) is 31.0 Å². The number of nitrogens with zero attached hydrogens (tertiary/aromatic N) is 2. The molecule has 1 aromatic carbocycles. The van der Waals surface area contributed by atoms with Crippen molar-refractivity contribution in [2.24, 2.45) is 11.8 Å². The van der Waals surface area contributed by atoms with Crippen molar-refractivity contribution >= 4 is 17.9 Å². The van der Waals surface area contributed by atoms with E-state index in [4.69, 9.17) is 0 Å². The summed E-state index contributed by atoms with van der Waals surface area (Å²) in [6.45, 7) is 6.69. The van der Waals surface area contributed by atoms with Crippen LogP contribution in [0.4, 0.5) is 0 Å². The van der Waals surface area contributed by atoms with Crippen LogP contribution < -0.4 is 0 Å². The maximum absolute atomic E-state index is 13.1. The average molecular weight is 369 g/mol. The molecule has 2 amide bonds. The highest BCUT2D eigenvalue weighted by Gasteiger charge is 2.34. The van der Waals surface area contributed by atoms with Gasteiger partial charge in [0.05, 0.1) is 0 Å². The maximum Gasteiger partial charge on any atom is 0.246 e. The number of carbonyl (C=O) groups excluding carboxylic acids is 2. The van der Waals surface area contributed by atoms with Gasteiger partial charge in [-0.3, -0.25) is 9.59 Å². The largest absolute Gasteiger partial charge is 0.339 e. The molecule has 2 fully saturated rings. The monoisotopic (exact) mass is 368 g/mol. The van der Waals surface area contributed by atoms with Crippen LogP contribution in [0.25, 0.3) is 6.08 Å². The number of rotatable bonds is 4. The minimum absolute atomic E-state index is 0.0442. The molecule has 0 spiro atoms. The second-order valence-corrected chi connectivity index (χ2v) is 8.18. The van der Waals surface area contributed by atoms with Gasteiger partial charge in [0.1, 0.15) is 0 Å². The van der Waals surface area contributed by atoms with E-state index in [1.807, 2.05) is 41.3 Å². The van der Waals surface area contributed by atoms with Crippen molar-refractivity contribution in [2.75, 3.05) is 19.6 Å². The van der Waals surface area contributed by atoms with E-state index in [1.54, 1.807) is 6.08 Å². The highest BCUT2D eigenvalue weighted by atomic mass is 16.2. The highest BCUT2D eigenvalue weighted by Crippen LogP contribution is 2.28. The first-order valence-corrected chi connectivity index (χ1v) is 10.4. The minimum Gasteiger partial charge on any atom is -0.339 e. The lowest BCUT2D eigenvalue weighted by atomic mass is 9.89. The van der Waals surface area contributed by atoms with Crippen LogP contribution >= 0.6 is 0 Å². The molecule has 0 N–H and O–H groups in total. The van der Waals surface area contributed by atoms with Crippen molar-refractivity contribution in [1.82, 2.24) is 9.80 Å². The summed E-state index contributed by atoms with van der Waals surface area (Å²) < 4.78 is 0. The fourth-order valence-electron chi connectivity index (χ4n) is 4.34. The number of benzene rings is 1. The quantitative estimate of drug-likeness (QED) is 0.755. The van der Waals surface area contributed by atoms with E-state index in [-0.39, 0.29) is 11.8 Å². The molecule has 0 aliphatic carbocycles. The van der Waals surface area contributed by atoms with Crippen molar-refractivity contribution in [2.45, 2.75) is 52.0 Å². The highest BCUT2D eigenvalue weighted by molar-refractivity contribution is 5.92. The van der Waals surface area contributed by atoms with Crippen molar-refractivity contribution in [1.29, 1.82) is 0 Å². The zero-order chi connectivity index (χ0) is 19.2. The van der Waals surface area contributed by atoms with Crippen LogP contribution in [-0.2, 0) is 9.59 Å². The molecule has 1 aromatic rings. The van der Waals surface area contributed by atoms with Gasteiger partial charge in [0.25, 0.3) is 0 Å². The Morgan fingerprint density at radius 2 is 1.70 bits per heavy atom. The van der Waals surface area contributed by atoms with E-state index in [9.17, 15) is 9.59 Å². The van der Waals surface area contributed by atoms with Gasteiger partial charge in [-0.25, -0.2) is 0 Å². The molecule has 2 heterocycles. The Kier molecular flexibility index (Phi) is 6.70. The first-order valence-electron chi connectivity index (χ1n) is 10.4. The third-order valence-electron chi connectivity index (χ3n) is 5.98. The molecular weight excluding hydrogens is 336 g/mol. The van der Waals surface area contributed by atoms with E-state index >= 15 is 0 Å². The second kappa shape index (κ2) is 9.20. The van der Waals surface area contributed by atoms with Gasteiger partial charge < -0.3 is 9.80 Å². The van der Waals surface area contributed by atoms with Crippen LogP contribution in [0.5, 0.6) is 0 Å². The van der Waals surface area contributed by atoms with Gasteiger partial charge in [-0.05, 0) is 49.7 Å². The molecule has 0 saturated carbocycles. The Morgan fingerprint density at radius 3 is 2.37 bits per heavy atom. The lowest BCUT2D eigenvalue weighted by molar-refractivity contribution is -0.143. The molecule has 3 rings (SSSR count). The first-order chi connectivity index (χ1) is 13.1. The summed E-state index contributed by atoms with van der Waals surface area (Å²) in [4.78, 5) is 29.5. The zero-order valence-electron chi connectivity index (χ0n) is 16.6. The Morgan fingerprint density at radius 1 is 1.00 bits per heavy atom. The molecule has 27 heavy (non-hydrogen) atoms. The third-order valence-corrected chi connectivity index (χ3v) is 5.98. The Hall–Kier alpha value is -2.10. The summed E-state index contributed by atoms with van der Waals surface area (Å²) in [7, 11) is 0. The molecule has 2 aliphatic heterocycles. The van der Waals surface area contributed by atoms with E-state index in [0.717, 1.165) is 37.8 Å². The van der Waals surface area contributed by atoms with Crippen LogP contribution in [0, 0.1) is 11.8 Å². The van der Waals surface area contributed by atoms with Gasteiger partial charge in [-0.15, -0.1) is 0 Å². The van der Waals surface area contributed by atoms with E-state index in [1.165, 1.54) is 6.42 Å². The SMILES string of the molecule is CC(C)C1CCCCN1C(=O)C1CCN(C(=O)/C=C/c2ccccc2)CC1. The second-order valence-electron chi connectivity index (χ2n) is 8.18. The van der Waals surface area contributed by atoms with Gasteiger partial charge in [0, 0.05) is 37.7 Å². The molecular formula is C23H32N2O2.